The van der Waals surface area contributed by atoms with E-state index < -0.39 is 0 Å². The number of hydrogen-bond acceptors (Lipinski definition) is 2. The Bertz CT molecular complexity index is 694. The summed E-state index contributed by atoms with van der Waals surface area (Å²) in [6, 6.07) is 15.5. The highest BCUT2D eigenvalue weighted by molar-refractivity contribution is 6.30. The minimum Gasteiger partial charge on any atom is -0.466 e. The van der Waals surface area contributed by atoms with Gasteiger partial charge in [-0.1, -0.05) is 23.7 Å². The predicted molar refractivity (Wildman–Crippen MR) is 75.4 cm³/mol. The first-order valence-corrected chi connectivity index (χ1v) is 6.48. The summed E-state index contributed by atoms with van der Waals surface area (Å²) in [6.07, 6.45) is 0.661. The summed E-state index contributed by atoms with van der Waals surface area (Å²) in [5, 5.41) is 0.706. The van der Waals surface area contributed by atoms with Gasteiger partial charge in [0.1, 0.15) is 23.0 Å². The van der Waals surface area contributed by atoms with Gasteiger partial charge in [0.05, 0.1) is 6.42 Å². The summed E-state index contributed by atoms with van der Waals surface area (Å²) >= 11 is 5.98. The van der Waals surface area contributed by atoms with E-state index >= 15 is 0 Å². The maximum absolute atomic E-state index is 5.98. The predicted octanol–water partition coefficient (Wildman–Crippen LogP) is 5.09. The number of halogens is 1. The van der Waals surface area contributed by atoms with Gasteiger partial charge in [-0.15, -0.1) is 0 Å². The number of benzene rings is 1. The van der Waals surface area contributed by atoms with Crippen LogP contribution in [-0.4, -0.2) is 0 Å². The fourth-order valence-electron chi connectivity index (χ4n) is 2.02. The maximum Gasteiger partial charge on any atom is 0.134 e. The molecule has 19 heavy (non-hydrogen) atoms. The lowest BCUT2D eigenvalue weighted by molar-refractivity contribution is 0.465. The van der Waals surface area contributed by atoms with Crippen LogP contribution in [0.2, 0.25) is 5.02 Å². The average molecular weight is 273 g/mol. The Morgan fingerprint density at radius 1 is 0.947 bits per heavy atom. The smallest absolute Gasteiger partial charge is 0.134 e. The van der Waals surface area contributed by atoms with E-state index in [1.54, 1.807) is 0 Å². The zero-order valence-corrected chi connectivity index (χ0v) is 11.3. The van der Waals surface area contributed by atoms with Gasteiger partial charge in [0.2, 0.25) is 0 Å². The summed E-state index contributed by atoms with van der Waals surface area (Å²) in [7, 11) is 0. The topological polar surface area (TPSA) is 26.3 Å². The molecular weight excluding hydrogens is 260 g/mol. The van der Waals surface area contributed by atoms with Gasteiger partial charge >= 0.3 is 0 Å². The highest BCUT2D eigenvalue weighted by atomic mass is 35.5. The van der Waals surface area contributed by atoms with Crippen molar-refractivity contribution in [2.45, 2.75) is 13.3 Å². The molecule has 0 bridgehead atoms. The molecule has 0 fully saturated rings. The molecule has 1 aromatic carbocycles. The van der Waals surface area contributed by atoms with E-state index in [0.717, 1.165) is 28.6 Å². The molecule has 3 heteroatoms. The van der Waals surface area contributed by atoms with Crippen LogP contribution < -0.4 is 0 Å². The molecule has 0 aliphatic heterocycles. The van der Waals surface area contributed by atoms with E-state index in [1.807, 2.05) is 55.5 Å². The second-order valence-electron chi connectivity index (χ2n) is 4.47. The summed E-state index contributed by atoms with van der Waals surface area (Å²) < 4.78 is 11.4. The normalized spacial score (nSPS) is 10.8. The van der Waals surface area contributed by atoms with Crippen molar-refractivity contribution in [3.05, 3.63) is 70.8 Å². The van der Waals surface area contributed by atoms with Crippen molar-refractivity contribution >= 4 is 11.6 Å². The first kappa shape index (κ1) is 12.1. The highest BCUT2D eigenvalue weighted by Gasteiger charge is 2.07. The lowest BCUT2D eigenvalue weighted by atomic mass is 10.2. The van der Waals surface area contributed by atoms with Crippen molar-refractivity contribution in [1.29, 1.82) is 0 Å². The van der Waals surface area contributed by atoms with Gasteiger partial charge in [-0.2, -0.15) is 0 Å². The van der Waals surface area contributed by atoms with Crippen LogP contribution in [0.3, 0.4) is 0 Å². The van der Waals surface area contributed by atoms with Gasteiger partial charge in [0.25, 0.3) is 0 Å². The van der Waals surface area contributed by atoms with Crippen molar-refractivity contribution in [2.24, 2.45) is 0 Å². The third-order valence-electron chi connectivity index (χ3n) is 2.92. The average Bonchev–Trinajstić information content (AvgIpc) is 2.99. The summed E-state index contributed by atoms with van der Waals surface area (Å²) in [5.41, 5.74) is 0.981. The van der Waals surface area contributed by atoms with E-state index in [0.29, 0.717) is 11.4 Å². The molecule has 2 aromatic heterocycles. The first-order chi connectivity index (χ1) is 9.20. The second-order valence-corrected chi connectivity index (χ2v) is 4.90. The van der Waals surface area contributed by atoms with Gasteiger partial charge in [-0.05, 0) is 43.3 Å². The van der Waals surface area contributed by atoms with Crippen molar-refractivity contribution in [2.75, 3.05) is 0 Å². The van der Waals surface area contributed by atoms with Crippen molar-refractivity contribution in [3.8, 4) is 11.3 Å². The quantitative estimate of drug-likeness (QED) is 0.664. The van der Waals surface area contributed by atoms with Gasteiger partial charge in [-0.25, -0.2) is 0 Å². The number of hydrogen-bond donors (Lipinski definition) is 0. The molecule has 0 saturated heterocycles. The van der Waals surface area contributed by atoms with Crippen LogP contribution in [0.15, 0.2) is 57.4 Å². The maximum atomic E-state index is 5.98. The molecule has 0 radical (unpaired) electrons. The molecule has 0 atom stereocenters. The molecule has 0 aliphatic rings. The van der Waals surface area contributed by atoms with Crippen LogP contribution in [0.1, 0.15) is 17.3 Å². The van der Waals surface area contributed by atoms with Gasteiger partial charge in [0, 0.05) is 10.6 Å². The molecular formula is C16H13ClO2. The Morgan fingerprint density at radius 3 is 2.47 bits per heavy atom. The van der Waals surface area contributed by atoms with Crippen molar-refractivity contribution in [1.82, 2.24) is 0 Å². The Morgan fingerprint density at radius 2 is 1.74 bits per heavy atom. The fraction of sp³-hybridized carbons (Fsp3) is 0.125. The highest BCUT2D eigenvalue weighted by Crippen LogP contribution is 2.26. The largest absolute Gasteiger partial charge is 0.466 e. The molecule has 3 rings (SSSR count). The Kier molecular flexibility index (Phi) is 3.18. The number of rotatable bonds is 3. The van der Waals surface area contributed by atoms with Gasteiger partial charge < -0.3 is 8.83 Å². The molecule has 0 amide bonds. The lowest BCUT2D eigenvalue weighted by Gasteiger charge is -1.98. The molecule has 0 unspecified atom stereocenters. The number of aryl methyl sites for hydroxylation is 1. The third kappa shape index (κ3) is 2.74. The van der Waals surface area contributed by atoms with Gasteiger partial charge in [-0.3, -0.25) is 0 Å². The van der Waals surface area contributed by atoms with Crippen LogP contribution in [0.4, 0.5) is 0 Å². The van der Waals surface area contributed by atoms with E-state index in [4.69, 9.17) is 20.4 Å². The third-order valence-corrected chi connectivity index (χ3v) is 3.15. The molecule has 0 N–H and O–H groups in total. The zero-order valence-electron chi connectivity index (χ0n) is 10.5. The van der Waals surface area contributed by atoms with E-state index in [9.17, 15) is 0 Å². The van der Waals surface area contributed by atoms with Crippen LogP contribution in [0, 0.1) is 6.92 Å². The summed E-state index contributed by atoms with van der Waals surface area (Å²) in [4.78, 5) is 0. The SMILES string of the molecule is Cc1ccc(Cc2ccc(-c3cccc(Cl)c3)o2)o1. The molecule has 96 valence electrons. The van der Waals surface area contributed by atoms with E-state index in [2.05, 4.69) is 0 Å². The first-order valence-electron chi connectivity index (χ1n) is 6.11. The molecule has 0 saturated carbocycles. The van der Waals surface area contributed by atoms with Crippen molar-refractivity contribution in [3.63, 3.8) is 0 Å². The Balaban J connectivity index is 1.83. The van der Waals surface area contributed by atoms with Crippen LogP contribution in [-0.2, 0) is 6.42 Å². The Labute approximate surface area is 116 Å². The molecule has 2 nitrogen and oxygen atoms in total. The lowest BCUT2D eigenvalue weighted by Crippen LogP contribution is -1.81. The Hall–Kier alpha value is -1.93. The monoisotopic (exact) mass is 272 g/mol. The molecule has 0 aliphatic carbocycles. The van der Waals surface area contributed by atoms with Crippen LogP contribution in [0.5, 0.6) is 0 Å². The zero-order chi connectivity index (χ0) is 13.2. The molecule has 0 spiro atoms. The minimum absolute atomic E-state index is 0.661. The minimum atomic E-state index is 0.661. The standard InChI is InChI=1S/C16H13ClO2/c1-11-5-6-14(18-11)10-15-7-8-16(19-15)12-3-2-4-13(17)9-12/h2-9H,10H2,1H3. The van der Waals surface area contributed by atoms with Crippen molar-refractivity contribution < 1.29 is 8.83 Å². The summed E-state index contributed by atoms with van der Waals surface area (Å²) in [5.74, 6) is 3.52. The van der Waals surface area contributed by atoms with E-state index in [-0.39, 0.29) is 0 Å². The van der Waals surface area contributed by atoms with E-state index in [1.165, 1.54) is 0 Å². The summed E-state index contributed by atoms with van der Waals surface area (Å²) in [6.45, 7) is 1.93. The molecule has 2 heterocycles. The van der Waals surface area contributed by atoms with Crippen LogP contribution in [0.25, 0.3) is 11.3 Å². The second kappa shape index (κ2) is 4.98. The number of furan rings is 2. The van der Waals surface area contributed by atoms with Crippen LogP contribution >= 0.6 is 11.6 Å². The molecule has 3 aromatic rings. The van der Waals surface area contributed by atoms with Gasteiger partial charge in [0.15, 0.2) is 0 Å². The fourth-order valence-corrected chi connectivity index (χ4v) is 2.21.